The van der Waals surface area contributed by atoms with Crippen LogP contribution in [0.1, 0.15) is 52.5 Å². The standard InChI is InChI=1S/C18H27NO2/c1-12(2)16(17(20)21-6)19-15-10-8-7-9-14(15)13(3)11-18(19,4)5/h7-10,12-13,16H,11H2,1-6H3/t13-,16+/m1/s1. The molecule has 3 nitrogen and oxygen atoms in total. The van der Waals surface area contributed by atoms with Crippen LogP contribution in [0.2, 0.25) is 0 Å². The van der Waals surface area contributed by atoms with Crippen molar-refractivity contribution >= 4 is 11.7 Å². The van der Waals surface area contributed by atoms with E-state index < -0.39 is 0 Å². The maximum atomic E-state index is 12.4. The molecule has 1 aromatic rings. The fourth-order valence-electron chi connectivity index (χ4n) is 3.73. The summed E-state index contributed by atoms with van der Waals surface area (Å²) in [5, 5.41) is 0. The van der Waals surface area contributed by atoms with Crippen molar-refractivity contribution < 1.29 is 9.53 Å². The highest BCUT2D eigenvalue weighted by molar-refractivity contribution is 5.82. The molecule has 21 heavy (non-hydrogen) atoms. The molecule has 0 unspecified atom stereocenters. The first-order valence-corrected chi connectivity index (χ1v) is 7.75. The summed E-state index contributed by atoms with van der Waals surface area (Å²) in [5.41, 5.74) is 2.42. The maximum Gasteiger partial charge on any atom is 0.328 e. The number of rotatable bonds is 3. The molecule has 0 radical (unpaired) electrons. The Morgan fingerprint density at radius 3 is 2.52 bits per heavy atom. The van der Waals surface area contributed by atoms with Gasteiger partial charge in [0.25, 0.3) is 0 Å². The van der Waals surface area contributed by atoms with E-state index >= 15 is 0 Å². The largest absolute Gasteiger partial charge is 0.467 e. The first kappa shape index (κ1) is 15.9. The van der Waals surface area contributed by atoms with Crippen molar-refractivity contribution in [3.05, 3.63) is 29.8 Å². The molecular formula is C18H27NO2. The Bertz CT molecular complexity index is 522. The van der Waals surface area contributed by atoms with E-state index in [0.29, 0.717) is 5.92 Å². The van der Waals surface area contributed by atoms with Crippen LogP contribution in [0.5, 0.6) is 0 Å². The van der Waals surface area contributed by atoms with Gasteiger partial charge in [0.15, 0.2) is 0 Å². The number of anilines is 1. The quantitative estimate of drug-likeness (QED) is 0.788. The molecule has 116 valence electrons. The van der Waals surface area contributed by atoms with E-state index in [2.05, 4.69) is 63.8 Å². The smallest absolute Gasteiger partial charge is 0.328 e. The Balaban J connectivity index is 2.58. The third-order valence-electron chi connectivity index (χ3n) is 4.54. The van der Waals surface area contributed by atoms with Gasteiger partial charge in [-0.3, -0.25) is 0 Å². The summed E-state index contributed by atoms with van der Waals surface area (Å²) in [5.74, 6) is 0.540. The monoisotopic (exact) mass is 289 g/mol. The molecule has 0 saturated heterocycles. The Morgan fingerprint density at radius 2 is 1.95 bits per heavy atom. The number of hydrogen-bond acceptors (Lipinski definition) is 3. The minimum atomic E-state index is -0.251. The summed E-state index contributed by atoms with van der Waals surface area (Å²) in [4.78, 5) is 14.6. The zero-order valence-electron chi connectivity index (χ0n) is 14.0. The highest BCUT2D eigenvalue weighted by Gasteiger charge is 2.43. The summed E-state index contributed by atoms with van der Waals surface area (Å²) in [6.07, 6.45) is 1.03. The molecule has 3 heteroatoms. The number of nitrogens with zero attached hydrogens (tertiary/aromatic N) is 1. The number of methoxy groups -OCH3 is 1. The molecule has 2 rings (SSSR count). The Hall–Kier alpha value is -1.51. The van der Waals surface area contributed by atoms with Gasteiger partial charge in [0.05, 0.1) is 7.11 Å². The Morgan fingerprint density at radius 1 is 1.33 bits per heavy atom. The molecule has 1 aliphatic rings. The van der Waals surface area contributed by atoms with Crippen LogP contribution in [0.4, 0.5) is 5.69 Å². The van der Waals surface area contributed by atoms with E-state index in [1.165, 1.54) is 18.4 Å². The summed E-state index contributed by atoms with van der Waals surface area (Å²) in [6.45, 7) is 10.9. The van der Waals surface area contributed by atoms with Gasteiger partial charge in [-0.2, -0.15) is 0 Å². The van der Waals surface area contributed by atoms with Gasteiger partial charge in [0, 0.05) is 11.2 Å². The predicted molar refractivity (Wildman–Crippen MR) is 86.7 cm³/mol. The maximum absolute atomic E-state index is 12.4. The molecule has 1 aromatic carbocycles. The van der Waals surface area contributed by atoms with Gasteiger partial charge in [-0.1, -0.05) is 39.0 Å². The normalized spacial score (nSPS) is 21.9. The number of fused-ring (bicyclic) bond motifs is 1. The van der Waals surface area contributed by atoms with Gasteiger partial charge < -0.3 is 9.64 Å². The van der Waals surface area contributed by atoms with Crippen LogP contribution in [0.3, 0.4) is 0 Å². The van der Waals surface area contributed by atoms with Crippen LogP contribution in [0.25, 0.3) is 0 Å². The van der Waals surface area contributed by atoms with Crippen molar-refractivity contribution in [2.45, 2.75) is 58.5 Å². The summed E-state index contributed by atoms with van der Waals surface area (Å²) < 4.78 is 5.08. The molecular weight excluding hydrogens is 262 g/mol. The van der Waals surface area contributed by atoms with Gasteiger partial charge in [-0.05, 0) is 43.7 Å². The average Bonchev–Trinajstić information content (AvgIpc) is 2.41. The molecule has 0 aromatic heterocycles. The SMILES string of the molecule is COC(=O)[C@H](C(C)C)N1c2ccccc2[C@H](C)CC1(C)C. The lowest BCUT2D eigenvalue weighted by Crippen LogP contribution is -2.58. The van der Waals surface area contributed by atoms with Gasteiger partial charge in [-0.25, -0.2) is 4.79 Å². The van der Waals surface area contributed by atoms with Crippen LogP contribution in [0.15, 0.2) is 24.3 Å². The Labute approximate surface area is 128 Å². The third kappa shape index (κ3) is 2.78. The zero-order valence-corrected chi connectivity index (χ0v) is 14.0. The summed E-state index contributed by atoms with van der Waals surface area (Å²) in [6, 6.07) is 8.18. The fraction of sp³-hybridized carbons (Fsp3) is 0.611. The van der Waals surface area contributed by atoms with E-state index in [9.17, 15) is 4.79 Å². The number of esters is 1. The van der Waals surface area contributed by atoms with E-state index in [-0.39, 0.29) is 23.5 Å². The van der Waals surface area contributed by atoms with E-state index in [4.69, 9.17) is 4.74 Å². The first-order valence-electron chi connectivity index (χ1n) is 7.75. The van der Waals surface area contributed by atoms with E-state index in [1.807, 2.05) is 0 Å². The molecule has 0 aliphatic carbocycles. The van der Waals surface area contributed by atoms with Crippen molar-refractivity contribution in [1.82, 2.24) is 0 Å². The van der Waals surface area contributed by atoms with Crippen LogP contribution in [-0.4, -0.2) is 24.7 Å². The fourth-order valence-corrected chi connectivity index (χ4v) is 3.73. The van der Waals surface area contributed by atoms with E-state index in [0.717, 1.165) is 6.42 Å². The number of hydrogen-bond donors (Lipinski definition) is 0. The predicted octanol–water partition coefficient (Wildman–Crippen LogP) is 3.98. The molecule has 0 saturated carbocycles. The molecule has 0 N–H and O–H groups in total. The Kier molecular flexibility index (Phi) is 4.31. The number of para-hydroxylation sites is 1. The molecule has 0 amide bonds. The molecule has 0 spiro atoms. The van der Waals surface area contributed by atoms with Gasteiger partial charge in [0.1, 0.15) is 6.04 Å². The van der Waals surface area contributed by atoms with Crippen LogP contribution < -0.4 is 4.90 Å². The second-order valence-electron chi connectivity index (χ2n) is 7.06. The van der Waals surface area contributed by atoms with Gasteiger partial charge in [-0.15, -0.1) is 0 Å². The van der Waals surface area contributed by atoms with Crippen molar-refractivity contribution in [2.75, 3.05) is 12.0 Å². The lowest BCUT2D eigenvalue weighted by Gasteiger charge is -2.51. The summed E-state index contributed by atoms with van der Waals surface area (Å²) in [7, 11) is 1.48. The summed E-state index contributed by atoms with van der Waals surface area (Å²) >= 11 is 0. The van der Waals surface area contributed by atoms with Crippen LogP contribution in [-0.2, 0) is 9.53 Å². The number of carbonyl (C=O) groups is 1. The highest BCUT2D eigenvalue weighted by atomic mass is 16.5. The van der Waals surface area contributed by atoms with Crippen molar-refractivity contribution in [2.24, 2.45) is 5.92 Å². The minimum absolute atomic E-state index is 0.0725. The van der Waals surface area contributed by atoms with Crippen LogP contribution in [0, 0.1) is 5.92 Å². The minimum Gasteiger partial charge on any atom is -0.467 e. The van der Waals surface area contributed by atoms with Crippen LogP contribution >= 0.6 is 0 Å². The molecule has 1 heterocycles. The second-order valence-corrected chi connectivity index (χ2v) is 7.06. The first-order chi connectivity index (χ1) is 9.79. The molecule has 2 atom stereocenters. The third-order valence-corrected chi connectivity index (χ3v) is 4.54. The van der Waals surface area contributed by atoms with Gasteiger partial charge in [0.2, 0.25) is 0 Å². The molecule has 0 bridgehead atoms. The van der Waals surface area contributed by atoms with Crippen molar-refractivity contribution in [3.63, 3.8) is 0 Å². The number of ether oxygens (including phenoxy) is 1. The lowest BCUT2D eigenvalue weighted by molar-refractivity contribution is -0.143. The van der Waals surface area contributed by atoms with Crippen molar-refractivity contribution in [1.29, 1.82) is 0 Å². The van der Waals surface area contributed by atoms with Gasteiger partial charge >= 0.3 is 5.97 Å². The molecule has 1 aliphatic heterocycles. The zero-order chi connectivity index (χ0) is 15.8. The van der Waals surface area contributed by atoms with E-state index in [1.54, 1.807) is 0 Å². The number of carbonyl (C=O) groups excluding carboxylic acids is 1. The number of benzene rings is 1. The average molecular weight is 289 g/mol. The molecule has 0 fully saturated rings. The van der Waals surface area contributed by atoms with Crippen molar-refractivity contribution in [3.8, 4) is 0 Å². The second kappa shape index (κ2) is 5.70. The highest BCUT2D eigenvalue weighted by Crippen LogP contribution is 2.45. The lowest BCUT2D eigenvalue weighted by atomic mass is 9.78. The topological polar surface area (TPSA) is 29.5 Å².